The number of aryl methyl sites for hydroxylation is 1. The number of benzene rings is 1. The van der Waals surface area contributed by atoms with Gasteiger partial charge in [-0.15, -0.1) is 0 Å². The highest BCUT2D eigenvalue weighted by Gasteiger charge is 2.41. The van der Waals surface area contributed by atoms with Crippen molar-refractivity contribution in [3.8, 4) is 0 Å². The number of sulfonamides is 1. The molecule has 0 bridgehead atoms. The summed E-state index contributed by atoms with van der Waals surface area (Å²) < 4.78 is 26.4. The second kappa shape index (κ2) is 7.23. The number of carbonyl (C=O) groups excluding carboxylic acids is 1. The minimum absolute atomic E-state index is 0.0245. The number of aromatic nitrogens is 1. The van der Waals surface area contributed by atoms with E-state index in [4.69, 9.17) is 0 Å². The third kappa shape index (κ3) is 3.88. The van der Waals surface area contributed by atoms with Crippen LogP contribution in [0.5, 0.6) is 0 Å². The molecule has 3 rings (SSSR count). The first-order valence-electron chi connectivity index (χ1n) is 8.02. The van der Waals surface area contributed by atoms with Crippen LogP contribution in [0.3, 0.4) is 0 Å². The number of pyridine rings is 1. The zero-order valence-corrected chi connectivity index (χ0v) is 14.2. The van der Waals surface area contributed by atoms with Crippen LogP contribution < -0.4 is 0 Å². The summed E-state index contributed by atoms with van der Waals surface area (Å²) in [6, 6.07) is 14.1. The largest absolute Gasteiger partial charge is 0.298 e. The van der Waals surface area contributed by atoms with Crippen LogP contribution in [-0.2, 0) is 27.0 Å². The Morgan fingerprint density at radius 1 is 1.12 bits per heavy atom. The number of ketones is 1. The Kier molecular flexibility index (Phi) is 5.06. The third-order valence-corrected chi connectivity index (χ3v) is 6.09. The molecule has 0 unspecified atom stereocenters. The SMILES string of the molecule is O=C(CCc1ccccn1)[C@@H]1CCN1S(=O)(=O)Cc1ccccc1. The molecule has 0 aliphatic carbocycles. The van der Waals surface area contributed by atoms with Gasteiger partial charge < -0.3 is 0 Å². The number of carbonyl (C=O) groups is 1. The van der Waals surface area contributed by atoms with E-state index >= 15 is 0 Å². The Balaban J connectivity index is 1.60. The zero-order chi connectivity index (χ0) is 17.0. The lowest BCUT2D eigenvalue weighted by atomic mass is 9.98. The standard InChI is InChI=1S/C18H20N2O3S/c21-18(10-9-16-8-4-5-12-19-16)17-11-13-20(17)24(22,23)14-15-6-2-1-3-7-15/h1-8,12,17H,9-11,13-14H2/t17-/m0/s1. The number of rotatable bonds is 7. The molecule has 0 radical (unpaired) electrons. The van der Waals surface area contributed by atoms with Crippen molar-refractivity contribution < 1.29 is 13.2 Å². The molecule has 0 saturated carbocycles. The summed E-state index contributed by atoms with van der Waals surface area (Å²) in [6.07, 6.45) is 3.16. The summed E-state index contributed by atoms with van der Waals surface area (Å²) in [7, 11) is -3.46. The highest BCUT2D eigenvalue weighted by molar-refractivity contribution is 7.88. The van der Waals surface area contributed by atoms with Crippen LogP contribution in [0.4, 0.5) is 0 Å². The van der Waals surface area contributed by atoms with Crippen LogP contribution >= 0.6 is 0 Å². The van der Waals surface area contributed by atoms with Crippen LogP contribution in [0.2, 0.25) is 0 Å². The highest BCUT2D eigenvalue weighted by Crippen LogP contribution is 2.26. The van der Waals surface area contributed by atoms with E-state index in [2.05, 4.69) is 4.98 Å². The van der Waals surface area contributed by atoms with Gasteiger partial charge >= 0.3 is 0 Å². The topological polar surface area (TPSA) is 67.3 Å². The van der Waals surface area contributed by atoms with Crippen LogP contribution in [0.15, 0.2) is 54.7 Å². The lowest BCUT2D eigenvalue weighted by Crippen LogP contribution is -2.55. The first-order chi connectivity index (χ1) is 11.6. The van der Waals surface area contributed by atoms with Gasteiger partial charge in [0.2, 0.25) is 10.0 Å². The molecule has 1 aromatic carbocycles. The van der Waals surface area contributed by atoms with E-state index in [1.54, 1.807) is 18.3 Å². The quantitative estimate of drug-likeness (QED) is 0.772. The molecular formula is C18H20N2O3S. The van der Waals surface area contributed by atoms with Gasteiger partial charge in [0.25, 0.3) is 0 Å². The molecule has 0 amide bonds. The number of nitrogens with zero attached hydrogens (tertiary/aromatic N) is 2. The van der Waals surface area contributed by atoms with Crippen LogP contribution in [0.1, 0.15) is 24.1 Å². The van der Waals surface area contributed by atoms with Crippen molar-refractivity contribution >= 4 is 15.8 Å². The van der Waals surface area contributed by atoms with Crippen molar-refractivity contribution in [1.82, 2.24) is 9.29 Å². The highest BCUT2D eigenvalue weighted by atomic mass is 32.2. The van der Waals surface area contributed by atoms with Gasteiger partial charge in [-0.2, -0.15) is 4.31 Å². The molecule has 126 valence electrons. The molecule has 1 aliphatic heterocycles. The molecule has 1 atom stereocenters. The van der Waals surface area contributed by atoms with Crippen molar-refractivity contribution in [1.29, 1.82) is 0 Å². The predicted molar refractivity (Wildman–Crippen MR) is 91.7 cm³/mol. The number of hydrogen-bond acceptors (Lipinski definition) is 4. The van der Waals surface area contributed by atoms with Crippen molar-refractivity contribution in [3.05, 3.63) is 66.0 Å². The summed E-state index contributed by atoms with van der Waals surface area (Å²) in [4.78, 5) is 16.6. The van der Waals surface area contributed by atoms with Crippen molar-refractivity contribution in [3.63, 3.8) is 0 Å². The Hall–Kier alpha value is -2.05. The maximum absolute atomic E-state index is 12.5. The predicted octanol–water partition coefficient (Wildman–Crippen LogP) is 2.19. The van der Waals surface area contributed by atoms with Crippen LogP contribution in [-0.4, -0.2) is 36.1 Å². The van der Waals surface area contributed by atoms with E-state index in [1.165, 1.54) is 4.31 Å². The average Bonchev–Trinajstić information content (AvgIpc) is 2.53. The molecule has 0 spiro atoms. The van der Waals surface area contributed by atoms with Gasteiger partial charge in [-0.3, -0.25) is 9.78 Å². The molecule has 1 saturated heterocycles. The van der Waals surface area contributed by atoms with Gasteiger partial charge in [0.1, 0.15) is 0 Å². The summed E-state index contributed by atoms with van der Waals surface area (Å²) >= 11 is 0. The second-order valence-electron chi connectivity index (χ2n) is 5.94. The first-order valence-corrected chi connectivity index (χ1v) is 9.63. The van der Waals surface area contributed by atoms with Gasteiger partial charge in [-0.25, -0.2) is 8.42 Å². The lowest BCUT2D eigenvalue weighted by Gasteiger charge is -2.38. The summed E-state index contributed by atoms with van der Waals surface area (Å²) in [6.45, 7) is 0.426. The van der Waals surface area contributed by atoms with E-state index in [0.29, 0.717) is 25.8 Å². The monoisotopic (exact) mass is 344 g/mol. The van der Waals surface area contributed by atoms with Crippen molar-refractivity contribution in [2.45, 2.75) is 31.1 Å². The molecule has 0 N–H and O–H groups in total. The Bertz CT molecular complexity index is 792. The molecule has 6 heteroatoms. The molecule has 24 heavy (non-hydrogen) atoms. The van der Waals surface area contributed by atoms with Crippen molar-refractivity contribution in [2.75, 3.05) is 6.54 Å². The smallest absolute Gasteiger partial charge is 0.218 e. The van der Waals surface area contributed by atoms with E-state index < -0.39 is 16.1 Å². The third-order valence-electron chi connectivity index (χ3n) is 4.25. The fraction of sp³-hybridized carbons (Fsp3) is 0.333. The Labute approximate surface area is 142 Å². The maximum Gasteiger partial charge on any atom is 0.218 e. The fourth-order valence-corrected chi connectivity index (χ4v) is 4.62. The summed E-state index contributed by atoms with van der Waals surface area (Å²) in [5, 5.41) is 0. The molecule has 1 fully saturated rings. The average molecular weight is 344 g/mol. The molecule has 2 heterocycles. The molecule has 1 aliphatic rings. The van der Waals surface area contributed by atoms with Gasteiger partial charge in [0.15, 0.2) is 5.78 Å². The Morgan fingerprint density at radius 2 is 1.88 bits per heavy atom. The van der Waals surface area contributed by atoms with Crippen molar-refractivity contribution in [2.24, 2.45) is 0 Å². The number of hydrogen-bond donors (Lipinski definition) is 0. The minimum atomic E-state index is -3.46. The summed E-state index contributed by atoms with van der Waals surface area (Å²) in [5.41, 5.74) is 1.59. The zero-order valence-electron chi connectivity index (χ0n) is 13.3. The van der Waals surface area contributed by atoms with E-state index in [1.807, 2.05) is 36.4 Å². The number of Topliss-reactive ketones (excluding diaryl/α,β-unsaturated/α-hetero) is 1. The van der Waals surface area contributed by atoms with Gasteiger partial charge in [-0.1, -0.05) is 36.4 Å². The molecule has 1 aromatic heterocycles. The van der Waals surface area contributed by atoms with Gasteiger partial charge in [0.05, 0.1) is 11.8 Å². The minimum Gasteiger partial charge on any atom is -0.298 e. The van der Waals surface area contributed by atoms with E-state index in [9.17, 15) is 13.2 Å². The van der Waals surface area contributed by atoms with Gasteiger partial charge in [0, 0.05) is 24.9 Å². The van der Waals surface area contributed by atoms with E-state index in [-0.39, 0.29) is 11.5 Å². The second-order valence-corrected chi connectivity index (χ2v) is 7.87. The Morgan fingerprint density at radius 3 is 2.50 bits per heavy atom. The molecular weight excluding hydrogens is 324 g/mol. The molecule has 5 nitrogen and oxygen atoms in total. The molecule has 2 aromatic rings. The van der Waals surface area contributed by atoms with Crippen LogP contribution in [0.25, 0.3) is 0 Å². The van der Waals surface area contributed by atoms with E-state index in [0.717, 1.165) is 11.3 Å². The summed E-state index contributed by atoms with van der Waals surface area (Å²) in [5.74, 6) is -0.0822. The lowest BCUT2D eigenvalue weighted by molar-refractivity contribution is -0.125. The fourth-order valence-electron chi connectivity index (χ4n) is 2.85. The van der Waals surface area contributed by atoms with Gasteiger partial charge in [-0.05, 0) is 30.5 Å². The first kappa shape index (κ1) is 16.8. The maximum atomic E-state index is 12.5. The van der Waals surface area contributed by atoms with Crippen LogP contribution in [0, 0.1) is 0 Å². The normalized spacial score (nSPS) is 18.1.